The van der Waals surface area contributed by atoms with E-state index in [9.17, 15) is 13.9 Å². The Balaban J connectivity index is 1.77. The average molecular weight is 374 g/mol. The minimum Gasteiger partial charge on any atom is -0.369 e. The maximum Gasteiger partial charge on any atom is 0.162 e. The van der Waals surface area contributed by atoms with E-state index >= 15 is 0 Å². The lowest BCUT2D eigenvalue weighted by atomic mass is 9.93. The van der Waals surface area contributed by atoms with Gasteiger partial charge in [0.2, 0.25) is 0 Å². The number of rotatable bonds is 3. The number of halogens is 2. The topological polar surface area (TPSA) is 35.8 Å². The Morgan fingerprint density at radius 3 is 2.65 bits per heavy atom. The summed E-state index contributed by atoms with van der Waals surface area (Å²) in [5.74, 6) is -0.663. The molecule has 136 valence electrons. The smallest absolute Gasteiger partial charge is 0.162 e. The van der Waals surface area contributed by atoms with Crippen molar-refractivity contribution in [3.05, 3.63) is 71.3 Å². The van der Waals surface area contributed by atoms with Crippen LogP contribution < -0.4 is 0 Å². The Morgan fingerprint density at radius 1 is 1.12 bits per heavy atom. The number of aliphatic imine (C=N–C) groups is 1. The van der Waals surface area contributed by atoms with Gasteiger partial charge in [-0.25, -0.2) is 8.78 Å². The van der Waals surface area contributed by atoms with Gasteiger partial charge < -0.3 is 10.0 Å². The van der Waals surface area contributed by atoms with Crippen LogP contribution in [-0.2, 0) is 6.42 Å². The molecule has 0 bridgehead atoms. The third kappa shape index (κ3) is 3.23. The molecule has 1 N–H and O–H groups in total. The summed E-state index contributed by atoms with van der Waals surface area (Å²) < 4.78 is 27.5. The summed E-state index contributed by atoms with van der Waals surface area (Å²) in [5, 5.41) is 12.1. The van der Waals surface area contributed by atoms with E-state index in [1.807, 2.05) is 11.0 Å². The van der Waals surface area contributed by atoms with E-state index in [0.29, 0.717) is 17.7 Å². The van der Waals surface area contributed by atoms with Crippen molar-refractivity contribution in [2.75, 3.05) is 13.1 Å². The molecule has 6 heteroatoms. The van der Waals surface area contributed by atoms with Gasteiger partial charge in [-0.2, -0.15) is 0 Å². The Morgan fingerprint density at radius 2 is 1.88 bits per heavy atom. The largest absolute Gasteiger partial charge is 0.369 e. The van der Waals surface area contributed by atoms with Crippen LogP contribution in [0, 0.1) is 11.6 Å². The van der Waals surface area contributed by atoms with E-state index in [0.717, 1.165) is 24.6 Å². The van der Waals surface area contributed by atoms with Gasteiger partial charge in [0.1, 0.15) is 11.6 Å². The van der Waals surface area contributed by atoms with E-state index in [-0.39, 0.29) is 18.1 Å². The Labute approximate surface area is 155 Å². The fourth-order valence-corrected chi connectivity index (χ4v) is 5.11. The Kier molecular flexibility index (Phi) is 4.71. The van der Waals surface area contributed by atoms with E-state index in [1.165, 1.54) is 36.0 Å². The molecular formula is C20H20F2N2OS. The second kappa shape index (κ2) is 7.00. The minimum atomic E-state index is -1.28. The van der Waals surface area contributed by atoms with Crippen molar-refractivity contribution >= 4 is 16.9 Å². The molecule has 0 aromatic heterocycles. The molecule has 2 unspecified atom stereocenters. The lowest BCUT2D eigenvalue weighted by Crippen LogP contribution is -2.50. The van der Waals surface area contributed by atoms with Gasteiger partial charge in [-0.15, -0.1) is 0 Å². The molecule has 2 heterocycles. The molecule has 0 spiro atoms. The summed E-state index contributed by atoms with van der Waals surface area (Å²) in [4.78, 5) is 6.54. The monoisotopic (exact) mass is 374 g/mol. The number of amidine groups is 1. The normalized spacial score (nSPS) is 25.6. The van der Waals surface area contributed by atoms with Gasteiger partial charge in [0.05, 0.1) is 5.25 Å². The molecule has 1 saturated heterocycles. The third-order valence-corrected chi connectivity index (χ3v) is 6.33. The van der Waals surface area contributed by atoms with E-state index < -0.39 is 11.0 Å². The van der Waals surface area contributed by atoms with Crippen molar-refractivity contribution in [2.24, 2.45) is 4.99 Å². The molecule has 0 radical (unpaired) electrons. The number of benzene rings is 2. The van der Waals surface area contributed by atoms with Gasteiger partial charge in [-0.05, 0) is 48.2 Å². The molecule has 1 fully saturated rings. The molecule has 2 aromatic rings. The van der Waals surface area contributed by atoms with Crippen LogP contribution in [0.4, 0.5) is 8.78 Å². The number of hydrogen-bond donors (Lipinski definition) is 1. The summed E-state index contributed by atoms with van der Waals surface area (Å²) >= 11 is 1.47. The minimum absolute atomic E-state index is 0.248. The lowest BCUT2D eigenvalue weighted by molar-refractivity contribution is -0.0637. The molecule has 2 aromatic carbocycles. The molecule has 26 heavy (non-hydrogen) atoms. The van der Waals surface area contributed by atoms with Crippen LogP contribution in [0.1, 0.15) is 29.2 Å². The van der Waals surface area contributed by atoms with Gasteiger partial charge in [0.15, 0.2) is 10.9 Å². The van der Waals surface area contributed by atoms with Gasteiger partial charge in [-0.1, -0.05) is 36.0 Å². The summed E-state index contributed by atoms with van der Waals surface area (Å²) in [6.07, 6.45) is 2.15. The lowest BCUT2D eigenvalue weighted by Gasteiger charge is -2.37. The van der Waals surface area contributed by atoms with Crippen LogP contribution in [-0.4, -0.2) is 34.0 Å². The molecule has 3 nitrogen and oxygen atoms in total. The second-order valence-electron chi connectivity index (χ2n) is 6.76. The quantitative estimate of drug-likeness (QED) is 0.877. The van der Waals surface area contributed by atoms with Crippen molar-refractivity contribution in [3.63, 3.8) is 0 Å². The number of nitrogens with zero attached hydrogens (tertiary/aromatic N) is 2. The first-order valence-corrected chi connectivity index (χ1v) is 9.65. The molecule has 2 aliphatic heterocycles. The van der Waals surface area contributed by atoms with Crippen LogP contribution >= 0.6 is 11.8 Å². The van der Waals surface area contributed by atoms with E-state index in [4.69, 9.17) is 0 Å². The van der Waals surface area contributed by atoms with Crippen LogP contribution in [0.25, 0.3) is 0 Å². The third-order valence-electron chi connectivity index (χ3n) is 4.88. The first-order valence-electron chi connectivity index (χ1n) is 8.77. The number of fused-ring (bicyclic) bond motifs is 1. The van der Waals surface area contributed by atoms with Crippen LogP contribution in [0.15, 0.2) is 53.5 Å². The SMILES string of the molecule is OC1(Cc2cccc(F)c2)C(c2cccc(F)c2)SC2=NCCCCN21. The zero-order valence-electron chi connectivity index (χ0n) is 14.2. The molecule has 0 amide bonds. The zero-order chi connectivity index (χ0) is 18.1. The van der Waals surface area contributed by atoms with Crippen LogP contribution in [0.5, 0.6) is 0 Å². The van der Waals surface area contributed by atoms with E-state index in [1.54, 1.807) is 18.2 Å². The van der Waals surface area contributed by atoms with Crippen molar-refractivity contribution in [3.8, 4) is 0 Å². The highest BCUT2D eigenvalue weighted by Crippen LogP contribution is 2.51. The van der Waals surface area contributed by atoms with Crippen molar-refractivity contribution in [2.45, 2.75) is 30.2 Å². The molecule has 4 rings (SSSR count). The van der Waals surface area contributed by atoms with Crippen molar-refractivity contribution < 1.29 is 13.9 Å². The predicted molar refractivity (Wildman–Crippen MR) is 100 cm³/mol. The number of hydrogen-bond acceptors (Lipinski definition) is 4. The predicted octanol–water partition coefficient (Wildman–Crippen LogP) is 4.14. The summed E-state index contributed by atoms with van der Waals surface area (Å²) in [6.45, 7) is 1.41. The van der Waals surface area contributed by atoms with Crippen molar-refractivity contribution in [1.29, 1.82) is 0 Å². The van der Waals surface area contributed by atoms with Gasteiger partial charge >= 0.3 is 0 Å². The first-order chi connectivity index (χ1) is 12.6. The maximum atomic E-state index is 13.8. The fraction of sp³-hybridized carbons (Fsp3) is 0.350. The fourth-order valence-electron chi connectivity index (χ4n) is 3.68. The Hall–Kier alpha value is -1.92. The summed E-state index contributed by atoms with van der Waals surface area (Å²) in [7, 11) is 0. The molecule has 2 aliphatic rings. The maximum absolute atomic E-state index is 13.8. The highest BCUT2D eigenvalue weighted by atomic mass is 32.2. The van der Waals surface area contributed by atoms with Gasteiger partial charge in [-0.3, -0.25) is 4.99 Å². The van der Waals surface area contributed by atoms with Gasteiger partial charge in [0.25, 0.3) is 0 Å². The Bertz CT molecular complexity index is 844. The molecule has 2 atom stereocenters. The molecule has 0 aliphatic carbocycles. The highest BCUT2D eigenvalue weighted by Gasteiger charge is 2.52. The second-order valence-corrected chi connectivity index (χ2v) is 7.83. The van der Waals surface area contributed by atoms with Crippen LogP contribution in [0.2, 0.25) is 0 Å². The van der Waals surface area contributed by atoms with Gasteiger partial charge in [0, 0.05) is 19.5 Å². The highest BCUT2D eigenvalue weighted by molar-refractivity contribution is 8.14. The van der Waals surface area contributed by atoms with E-state index in [2.05, 4.69) is 4.99 Å². The molecule has 0 saturated carbocycles. The number of thioether (sulfide) groups is 1. The zero-order valence-corrected chi connectivity index (χ0v) is 15.1. The summed E-state index contributed by atoms with van der Waals surface area (Å²) in [6, 6.07) is 12.6. The average Bonchev–Trinajstić information content (AvgIpc) is 2.76. The van der Waals surface area contributed by atoms with Crippen LogP contribution in [0.3, 0.4) is 0 Å². The summed E-state index contributed by atoms with van der Waals surface area (Å²) in [5.41, 5.74) is 0.139. The van der Waals surface area contributed by atoms with Crippen molar-refractivity contribution in [1.82, 2.24) is 4.90 Å². The first kappa shape index (κ1) is 17.5. The standard InChI is InChI=1S/C20H20F2N2OS/c21-16-7-3-5-14(11-16)13-20(25)18(15-6-4-8-17(22)12-15)26-19-23-9-1-2-10-24(19)20/h3-8,11-12,18,25H,1-2,9-10,13H2. The molecular weight excluding hydrogens is 354 g/mol. The number of aliphatic hydroxyl groups is 1.